The number of furan rings is 1. The smallest absolute Gasteiger partial charge is 0.172 e. The predicted octanol–water partition coefficient (Wildman–Crippen LogP) is 15.8. The number of hydrogen-bond acceptors (Lipinski definition) is 5. The van der Waals surface area contributed by atoms with Crippen molar-refractivity contribution in [2.24, 2.45) is 0 Å². The van der Waals surface area contributed by atoms with Gasteiger partial charge in [0.05, 0.1) is 5.69 Å². The quantitative estimate of drug-likeness (QED) is 0.154. The van der Waals surface area contributed by atoms with Gasteiger partial charge in [-0.2, -0.15) is 0 Å². The van der Waals surface area contributed by atoms with Crippen LogP contribution in [-0.4, -0.2) is 0 Å². The molecule has 1 aliphatic heterocycles. The Labute approximate surface area is 342 Å². The molecule has 0 N–H and O–H groups in total. The van der Waals surface area contributed by atoms with E-state index in [9.17, 15) is 0 Å². The third kappa shape index (κ3) is 6.32. The molecule has 5 heteroatoms. The molecule has 0 atom stereocenters. The van der Waals surface area contributed by atoms with Crippen molar-refractivity contribution < 1.29 is 13.9 Å². The van der Waals surface area contributed by atoms with Crippen molar-refractivity contribution in [3.05, 3.63) is 218 Å². The normalized spacial score (nSPS) is 11.7. The van der Waals surface area contributed by atoms with Gasteiger partial charge in [0.1, 0.15) is 11.2 Å². The Morgan fingerprint density at radius 2 is 0.763 bits per heavy atom. The molecule has 0 aliphatic carbocycles. The highest BCUT2D eigenvalue weighted by Crippen LogP contribution is 2.49. The third-order valence-electron chi connectivity index (χ3n) is 10.9. The van der Waals surface area contributed by atoms with Crippen LogP contribution in [0.3, 0.4) is 0 Å². The fraction of sp³-hybridized carbons (Fsp3) is 0. The lowest BCUT2D eigenvalue weighted by atomic mass is 9.99. The largest absolute Gasteiger partial charge is 0.455 e. The van der Waals surface area contributed by atoms with Crippen LogP contribution in [0.4, 0.5) is 34.1 Å². The second kappa shape index (κ2) is 14.5. The summed E-state index contributed by atoms with van der Waals surface area (Å²) < 4.78 is 19.4. The van der Waals surface area contributed by atoms with Crippen molar-refractivity contribution in [2.75, 3.05) is 9.80 Å². The summed E-state index contributed by atoms with van der Waals surface area (Å²) in [6.45, 7) is 0. The van der Waals surface area contributed by atoms with Crippen LogP contribution >= 0.6 is 0 Å². The summed E-state index contributed by atoms with van der Waals surface area (Å²) in [5.41, 5.74) is 12.1. The molecule has 1 aromatic heterocycles. The van der Waals surface area contributed by atoms with Crippen molar-refractivity contribution in [1.29, 1.82) is 0 Å². The van der Waals surface area contributed by atoms with Crippen LogP contribution in [0.25, 0.3) is 44.2 Å². The first kappa shape index (κ1) is 34.2. The molecule has 0 spiro atoms. The number of anilines is 6. The van der Waals surface area contributed by atoms with E-state index in [2.05, 4.69) is 168 Å². The molecule has 10 aromatic rings. The zero-order valence-electron chi connectivity index (χ0n) is 31.9. The van der Waals surface area contributed by atoms with Gasteiger partial charge in [-0.25, -0.2) is 0 Å². The second-order valence-electron chi connectivity index (χ2n) is 14.6. The zero-order valence-corrected chi connectivity index (χ0v) is 31.9. The fourth-order valence-corrected chi connectivity index (χ4v) is 8.08. The predicted molar refractivity (Wildman–Crippen MR) is 241 cm³/mol. The molecule has 9 aromatic carbocycles. The van der Waals surface area contributed by atoms with E-state index in [-0.39, 0.29) is 0 Å². The number of fused-ring (bicyclic) bond motifs is 5. The molecule has 0 bridgehead atoms. The highest BCUT2D eigenvalue weighted by molar-refractivity contribution is 6.11. The van der Waals surface area contributed by atoms with Crippen molar-refractivity contribution in [3.8, 4) is 45.3 Å². The highest BCUT2D eigenvalue weighted by Gasteiger charge is 2.24. The van der Waals surface area contributed by atoms with Crippen molar-refractivity contribution in [2.45, 2.75) is 0 Å². The molecule has 0 saturated heterocycles. The lowest BCUT2D eigenvalue weighted by Crippen LogP contribution is -2.11. The zero-order chi connectivity index (χ0) is 39.1. The topological polar surface area (TPSA) is 38.1 Å². The van der Waals surface area contributed by atoms with Crippen LogP contribution in [0.5, 0.6) is 23.0 Å². The molecule has 5 nitrogen and oxygen atoms in total. The minimum absolute atomic E-state index is 0.652. The summed E-state index contributed by atoms with van der Waals surface area (Å²) in [6, 6.07) is 75.6. The van der Waals surface area contributed by atoms with E-state index in [0.717, 1.165) is 72.8 Å². The molecule has 11 rings (SSSR count). The highest BCUT2D eigenvalue weighted by atomic mass is 16.6. The third-order valence-corrected chi connectivity index (χ3v) is 10.9. The van der Waals surface area contributed by atoms with Crippen molar-refractivity contribution in [1.82, 2.24) is 0 Å². The van der Waals surface area contributed by atoms with Crippen LogP contribution in [0.15, 0.2) is 223 Å². The Hall–Kier alpha value is -8.02. The van der Waals surface area contributed by atoms with Gasteiger partial charge in [0, 0.05) is 50.8 Å². The van der Waals surface area contributed by atoms with Gasteiger partial charge in [-0.15, -0.1) is 0 Å². The first-order valence-corrected chi connectivity index (χ1v) is 19.7. The van der Waals surface area contributed by atoms with Crippen LogP contribution in [0.2, 0.25) is 0 Å². The summed E-state index contributed by atoms with van der Waals surface area (Å²) in [6.07, 6.45) is 0. The summed E-state index contributed by atoms with van der Waals surface area (Å²) in [5, 5.41) is 2.09. The Bertz CT molecular complexity index is 3050. The van der Waals surface area contributed by atoms with Gasteiger partial charge in [0.2, 0.25) is 0 Å². The number of para-hydroxylation sites is 5. The maximum Gasteiger partial charge on any atom is 0.172 e. The maximum absolute atomic E-state index is 6.71. The molecular weight excluding hydrogens is 725 g/mol. The fourth-order valence-electron chi connectivity index (χ4n) is 8.08. The monoisotopic (exact) mass is 760 g/mol. The molecule has 2 heterocycles. The summed E-state index contributed by atoms with van der Waals surface area (Å²) in [7, 11) is 0. The minimum atomic E-state index is 0.652. The molecule has 59 heavy (non-hydrogen) atoms. The van der Waals surface area contributed by atoms with Gasteiger partial charge in [0.25, 0.3) is 0 Å². The van der Waals surface area contributed by atoms with Gasteiger partial charge >= 0.3 is 0 Å². The summed E-state index contributed by atoms with van der Waals surface area (Å²) in [4.78, 5) is 4.56. The Balaban J connectivity index is 1.08. The Kier molecular flexibility index (Phi) is 8.41. The van der Waals surface area contributed by atoms with E-state index in [0.29, 0.717) is 23.0 Å². The molecule has 0 saturated carbocycles. The van der Waals surface area contributed by atoms with Crippen LogP contribution in [0.1, 0.15) is 0 Å². The van der Waals surface area contributed by atoms with Gasteiger partial charge in [-0.05, 0) is 108 Å². The van der Waals surface area contributed by atoms with E-state index >= 15 is 0 Å². The SMILES string of the molecule is c1ccc(-c2ccc(N(c3ccc4c(c3)Oc3ccccc3O4)c3cc(-c4ccc(N(c5ccccc5)c5ccccc5)cc4)c4oc5ccccc5c4c3)cc2)cc1. The maximum atomic E-state index is 6.71. The Morgan fingerprint density at radius 3 is 1.42 bits per heavy atom. The minimum Gasteiger partial charge on any atom is -0.455 e. The molecule has 280 valence electrons. The molecule has 0 amide bonds. The molecule has 0 fully saturated rings. The van der Waals surface area contributed by atoms with Gasteiger partial charge in [0.15, 0.2) is 23.0 Å². The average Bonchev–Trinajstić information content (AvgIpc) is 3.68. The van der Waals surface area contributed by atoms with Gasteiger partial charge < -0.3 is 23.7 Å². The van der Waals surface area contributed by atoms with Gasteiger partial charge in [-0.1, -0.05) is 121 Å². The van der Waals surface area contributed by atoms with E-state index < -0.39 is 0 Å². The molecule has 0 radical (unpaired) electrons. The first-order valence-electron chi connectivity index (χ1n) is 19.7. The number of hydrogen-bond donors (Lipinski definition) is 0. The van der Waals surface area contributed by atoms with E-state index in [1.54, 1.807) is 0 Å². The van der Waals surface area contributed by atoms with Crippen LogP contribution < -0.4 is 19.3 Å². The number of ether oxygens (including phenoxy) is 2. The second-order valence-corrected chi connectivity index (χ2v) is 14.6. The van der Waals surface area contributed by atoms with E-state index in [1.165, 1.54) is 5.56 Å². The first-order chi connectivity index (χ1) is 29.2. The number of benzene rings is 9. The summed E-state index contributed by atoms with van der Waals surface area (Å²) >= 11 is 0. The molecule has 1 aliphatic rings. The molecular formula is C54H36N2O3. The van der Waals surface area contributed by atoms with Crippen LogP contribution in [-0.2, 0) is 0 Å². The van der Waals surface area contributed by atoms with E-state index in [4.69, 9.17) is 13.9 Å². The summed E-state index contributed by atoms with van der Waals surface area (Å²) in [5.74, 6) is 2.71. The van der Waals surface area contributed by atoms with E-state index in [1.807, 2.05) is 60.7 Å². The Morgan fingerprint density at radius 1 is 0.288 bits per heavy atom. The average molecular weight is 761 g/mol. The lowest BCUT2D eigenvalue weighted by molar-refractivity contribution is 0.360. The lowest BCUT2D eigenvalue weighted by Gasteiger charge is -2.28. The van der Waals surface area contributed by atoms with Crippen molar-refractivity contribution >= 4 is 56.1 Å². The van der Waals surface area contributed by atoms with Gasteiger partial charge in [-0.3, -0.25) is 0 Å². The van der Waals surface area contributed by atoms with Crippen molar-refractivity contribution in [3.63, 3.8) is 0 Å². The molecule has 0 unspecified atom stereocenters. The van der Waals surface area contributed by atoms with Crippen LogP contribution in [0, 0.1) is 0 Å². The number of nitrogens with zero attached hydrogens (tertiary/aromatic N) is 2. The number of rotatable bonds is 8. The standard InChI is InChI=1S/C54H36N2O3/c1-4-14-37(15-5-1)38-24-28-43(29-25-38)56(44-32-33-52-53(36-44)58-51-23-13-12-22-50(51)57-52)45-34-47(54-48(35-45)46-20-10-11-21-49(46)59-54)39-26-30-42(31-27-39)55(40-16-6-2-7-17-40)41-18-8-3-9-19-41/h1-36H.